The molecule has 0 amide bonds. The van der Waals surface area contributed by atoms with Gasteiger partial charge in [0.1, 0.15) is 5.75 Å². The molecule has 0 saturated heterocycles. The minimum atomic E-state index is 0. The molecule has 0 radical (unpaired) electrons. The van der Waals surface area contributed by atoms with Crippen LogP contribution in [0.4, 0.5) is 0 Å². The van der Waals surface area contributed by atoms with E-state index in [2.05, 4.69) is 19.9 Å². The molecule has 1 aromatic rings. The van der Waals surface area contributed by atoms with E-state index >= 15 is 0 Å². The van der Waals surface area contributed by atoms with Gasteiger partial charge < -0.3 is 10.6 Å². The number of hydrogen-bond donors (Lipinski definition) is 1. The molecule has 0 aliphatic rings. The van der Waals surface area contributed by atoms with E-state index in [0.29, 0.717) is 5.75 Å². The van der Waals surface area contributed by atoms with Gasteiger partial charge in [-0.15, -0.1) is 0 Å². The summed E-state index contributed by atoms with van der Waals surface area (Å²) >= 11 is 0. The van der Waals surface area contributed by atoms with Gasteiger partial charge in [0.05, 0.1) is 0 Å². The monoisotopic (exact) mass is 266 g/mol. The van der Waals surface area contributed by atoms with Crippen LogP contribution in [0.15, 0.2) is 18.2 Å². The van der Waals surface area contributed by atoms with Crippen LogP contribution >= 0.6 is 0 Å². The molecule has 3 N–H and O–H groups in total. The van der Waals surface area contributed by atoms with Gasteiger partial charge in [-0.1, -0.05) is 64.5 Å². The van der Waals surface area contributed by atoms with Gasteiger partial charge in [-0.3, -0.25) is 0 Å². The lowest BCUT2D eigenvalue weighted by molar-refractivity contribution is 0.464. The van der Waals surface area contributed by atoms with Crippen molar-refractivity contribution in [1.29, 1.82) is 0 Å². The minimum absolute atomic E-state index is 0. The van der Waals surface area contributed by atoms with Crippen LogP contribution in [0.25, 0.3) is 0 Å². The average Bonchev–Trinajstić information content (AvgIpc) is 2.39. The Morgan fingerprint density at radius 1 is 0.895 bits per heavy atom. The fraction of sp³-hybridized carbons (Fsp3) is 0.647. The quantitative estimate of drug-likeness (QED) is 0.661. The Morgan fingerprint density at radius 3 is 2.16 bits per heavy atom. The van der Waals surface area contributed by atoms with Gasteiger partial charge in [0.25, 0.3) is 0 Å². The zero-order valence-corrected chi connectivity index (χ0v) is 12.5. The van der Waals surface area contributed by atoms with Crippen molar-refractivity contribution in [3.05, 3.63) is 29.3 Å². The van der Waals surface area contributed by atoms with Gasteiger partial charge in [0, 0.05) is 0 Å². The number of aromatic hydroxyl groups is 1. The topological polar surface area (TPSA) is 51.7 Å². The molecule has 1 aromatic carbocycles. The number of hydrogen-bond acceptors (Lipinski definition) is 1. The number of unbranched alkanes of at least 4 members (excludes halogenated alkanes) is 6. The van der Waals surface area contributed by atoms with Crippen LogP contribution in [-0.2, 0) is 12.8 Å². The maximum atomic E-state index is 9.90. The largest absolute Gasteiger partial charge is 0.508 e. The van der Waals surface area contributed by atoms with Crippen molar-refractivity contribution in [2.75, 3.05) is 0 Å². The molecular weight excluding hydrogens is 236 g/mol. The fourth-order valence-electron chi connectivity index (χ4n) is 2.50. The Bertz CT molecular complexity index is 334. The average molecular weight is 266 g/mol. The second-order valence-electron chi connectivity index (χ2n) is 5.14. The molecule has 2 nitrogen and oxygen atoms in total. The highest BCUT2D eigenvalue weighted by atomic mass is 16.3. The Morgan fingerprint density at radius 2 is 1.53 bits per heavy atom. The van der Waals surface area contributed by atoms with Crippen molar-refractivity contribution in [2.45, 2.75) is 71.6 Å². The highest BCUT2D eigenvalue weighted by molar-refractivity contribution is 5.39. The lowest BCUT2D eigenvalue weighted by Crippen LogP contribution is -1.94. The molecule has 1 rings (SSSR count). The first kappa shape index (κ1) is 18.0. The molecule has 0 bridgehead atoms. The summed E-state index contributed by atoms with van der Waals surface area (Å²) in [6.45, 7) is 4.41. The fourth-order valence-corrected chi connectivity index (χ4v) is 2.50. The summed E-state index contributed by atoms with van der Waals surface area (Å²) in [6.07, 6.45) is 11.3. The SMILES string of the molecule is CCCCCCCCCc1c(O)cccc1CC.O. The Labute approximate surface area is 118 Å². The van der Waals surface area contributed by atoms with E-state index in [1.54, 1.807) is 0 Å². The molecule has 0 fully saturated rings. The van der Waals surface area contributed by atoms with E-state index in [1.165, 1.54) is 56.1 Å². The highest BCUT2D eigenvalue weighted by Crippen LogP contribution is 2.24. The van der Waals surface area contributed by atoms with E-state index < -0.39 is 0 Å². The van der Waals surface area contributed by atoms with Crippen molar-refractivity contribution >= 4 is 0 Å². The summed E-state index contributed by atoms with van der Waals surface area (Å²) in [5.41, 5.74) is 2.48. The minimum Gasteiger partial charge on any atom is -0.508 e. The molecule has 0 spiro atoms. The summed E-state index contributed by atoms with van der Waals surface area (Å²) in [5.74, 6) is 0.486. The van der Waals surface area contributed by atoms with Crippen LogP contribution in [0.1, 0.15) is 69.9 Å². The van der Waals surface area contributed by atoms with E-state index in [0.717, 1.165) is 12.8 Å². The first-order valence-corrected chi connectivity index (χ1v) is 7.59. The maximum absolute atomic E-state index is 9.90. The third kappa shape index (κ3) is 6.63. The molecule has 0 aromatic heterocycles. The standard InChI is InChI=1S/C17H28O.H2O/c1-3-5-6-7-8-9-10-13-16-15(4-2)12-11-14-17(16)18;/h11-12,14,18H,3-10,13H2,1-2H3;1H2. The Kier molecular flexibility index (Phi) is 10.3. The summed E-state index contributed by atoms with van der Waals surface area (Å²) in [5, 5.41) is 9.90. The van der Waals surface area contributed by atoms with E-state index in [-0.39, 0.29) is 5.48 Å². The number of phenols is 1. The first-order valence-electron chi connectivity index (χ1n) is 7.59. The summed E-state index contributed by atoms with van der Waals surface area (Å²) in [6, 6.07) is 5.90. The predicted octanol–water partition coefficient (Wildman–Crippen LogP) is 4.42. The maximum Gasteiger partial charge on any atom is 0.119 e. The molecule has 0 heterocycles. The smallest absolute Gasteiger partial charge is 0.119 e. The predicted molar refractivity (Wildman–Crippen MR) is 82.8 cm³/mol. The van der Waals surface area contributed by atoms with Gasteiger partial charge in [-0.2, -0.15) is 0 Å². The van der Waals surface area contributed by atoms with Crippen LogP contribution in [0.3, 0.4) is 0 Å². The lowest BCUT2D eigenvalue weighted by atomic mass is 9.98. The molecule has 110 valence electrons. The highest BCUT2D eigenvalue weighted by Gasteiger charge is 2.05. The third-order valence-corrected chi connectivity index (χ3v) is 3.66. The van der Waals surface area contributed by atoms with E-state index in [9.17, 15) is 5.11 Å². The summed E-state index contributed by atoms with van der Waals surface area (Å²) in [7, 11) is 0. The van der Waals surface area contributed by atoms with Crippen LogP contribution in [0.5, 0.6) is 5.75 Å². The molecule has 2 heteroatoms. The van der Waals surface area contributed by atoms with Crippen LogP contribution in [-0.4, -0.2) is 10.6 Å². The molecule has 0 unspecified atom stereocenters. The van der Waals surface area contributed by atoms with Gasteiger partial charge >= 0.3 is 0 Å². The van der Waals surface area contributed by atoms with E-state index in [4.69, 9.17) is 0 Å². The Hall–Kier alpha value is -1.02. The number of phenolic OH excluding ortho intramolecular Hbond substituents is 1. The van der Waals surface area contributed by atoms with Crippen molar-refractivity contribution in [2.24, 2.45) is 0 Å². The van der Waals surface area contributed by atoms with Crippen LogP contribution in [0.2, 0.25) is 0 Å². The molecule has 0 aliphatic carbocycles. The van der Waals surface area contributed by atoms with Gasteiger partial charge in [-0.25, -0.2) is 0 Å². The number of benzene rings is 1. The van der Waals surface area contributed by atoms with Gasteiger partial charge in [-0.05, 0) is 36.5 Å². The van der Waals surface area contributed by atoms with Crippen LogP contribution in [0, 0.1) is 0 Å². The lowest BCUT2D eigenvalue weighted by Gasteiger charge is -2.09. The van der Waals surface area contributed by atoms with Gasteiger partial charge in [0.15, 0.2) is 0 Å². The third-order valence-electron chi connectivity index (χ3n) is 3.66. The van der Waals surface area contributed by atoms with E-state index in [1.807, 2.05) is 12.1 Å². The normalized spacial score (nSPS) is 10.2. The zero-order chi connectivity index (χ0) is 13.2. The molecule has 0 aliphatic heterocycles. The molecule has 0 saturated carbocycles. The number of aryl methyl sites for hydroxylation is 1. The zero-order valence-electron chi connectivity index (χ0n) is 12.5. The summed E-state index contributed by atoms with van der Waals surface area (Å²) < 4.78 is 0. The van der Waals surface area contributed by atoms with Crippen molar-refractivity contribution in [3.63, 3.8) is 0 Å². The van der Waals surface area contributed by atoms with Crippen LogP contribution < -0.4 is 0 Å². The second-order valence-corrected chi connectivity index (χ2v) is 5.14. The summed E-state index contributed by atoms with van der Waals surface area (Å²) in [4.78, 5) is 0. The van der Waals surface area contributed by atoms with Crippen molar-refractivity contribution in [1.82, 2.24) is 0 Å². The van der Waals surface area contributed by atoms with Gasteiger partial charge in [0.2, 0.25) is 0 Å². The Balaban J connectivity index is 0.00000324. The van der Waals surface area contributed by atoms with Crippen molar-refractivity contribution < 1.29 is 10.6 Å². The second kappa shape index (κ2) is 10.9. The molecule has 0 atom stereocenters. The van der Waals surface area contributed by atoms with Crippen molar-refractivity contribution in [3.8, 4) is 5.75 Å². The molecule has 19 heavy (non-hydrogen) atoms. The first-order chi connectivity index (χ1) is 8.79. The number of rotatable bonds is 9. The molecular formula is C17H30O2.